The van der Waals surface area contributed by atoms with E-state index in [9.17, 15) is 5.11 Å². The van der Waals surface area contributed by atoms with Crippen molar-refractivity contribution in [2.45, 2.75) is 52.4 Å². The van der Waals surface area contributed by atoms with Crippen molar-refractivity contribution in [3.05, 3.63) is 18.2 Å². The number of imidazole rings is 1. The lowest BCUT2D eigenvalue weighted by molar-refractivity contribution is 0.0952. The molecule has 0 radical (unpaired) electrons. The van der Waals surface area contributed by atoms with Gasteiger partial charge in [-0.25, -0.2) is 4.98 Å². The molecular formula is C11H21N3O. The lowest BCUT2D eigenvalue weighted by atomic mass is 9.99. The summed E-state index contributed by atoms with van der Waals surface area (Å²) >= 11 is 0. The van der Waals surface area contributed by atoms with Gasteiger partial charge in [0.25, 0.3) is 0 Å². The summed E-state index contributed by atoms with van der Waals surface area (Å²) in [6, 6.07) is 0. The SMILES string of the molecule is CCn1cncc1CNC(C)(C)C(C)O. The average molecular weight is 211 g/mol. The normalized spacial score (nSPS) is 14.2. The smallest absolute Gasteiger partial charge is 0.0948 e. The van der Waals surface area contributed by atoms with Crippen molar-refractivity contribution < 1.29 is 5.11 Å². The molecule has 1 unspecified atom stereocenters. The van der Waals surface area contributed by atoms with Gasteiger partial charge in [0.2, 0.25) is 0 Å². The zero-order chi connectivity index (χ0) is 11.5. The fourth-order valence-corrected chi connectivity index (χ4v) is 1.25. The van der Waals surface area contributed by atoms with Gasteiger partial charge in [0.15, 0.2) is 0 Å². The molecule has 0 bridgehead atoms. The van der Waals surface area contributed by atoms with Gasteiger partial charge in [0, 0.05) is 24.8 Å². The molecule has 4 nitrogen and oxygen atoms in total. The van der Waals surface area contributed by atoms with Crippen LogP contribution in [0.15, 0.2) is 12.5 Å². The van der Waals surface area contributed by atoms with Crippen LogP contribution < -0.4 is 5.32 Å². The van der Waals surface area contributed by atoms with Gasteiger partial charge in [0.1, 0.15) is 0 Å². The second-order valence-corrected chi connectivity index (χ2v) is 4.42. The molecule has 0 aliphatic rings. The molecule has 4 heteroatoms. The second kappa shape index (κ2) is 4.77. The Morgan fingerprint density at radius 2 is 2.27 bits per heavy atom. The third kappa shape index (κ3) is 3.04. The summed E-state index contributed by atoms with van der Waals surface area (Å²) in [4.78, 5) is 4.10. The molecule has 0 aliphatic heterocycles. The Morgan fingerprint density at radius 3 is 2.80 bits per heavy atom. The molecule has 0 aromatic carbocycles. The Kier molecular flexibility index (Phi) is 3.88. The van der Waals surface area contributed by atoms with Crippen LogP contribution >= 0.6 is 0 Å². The fraction of sp³-hybridized carbons (Fsp3) is 0.727. The van der Waals surface area contributed by atoms with Gasteiger partial charge < -0.3 is 15.0 Å². The van der Waals surface area contributed by atoms with Crippen molar-refractivity contribution in [3.63, 3.8) is 0 Å². The summed E-state index contributed by atoms with van der Waals surface area (Å²) in [6.45, 7) is 9.52. The summed E-state index contributed by atoms with van der Waals surface area (Å²) < 4.78 is 2.09. The van der Waals surface area contributed by atoms with E-state index in [0.717, 1.165) is 18.8 Å². The van der Waals surface area contributed by atoms with E-state index in [-0.39, 0.29) is 11.6 Å². The van der Waals surface area contributed by atoms with E-state index in [1.165, 1.54) is 0 Å². The summed E-state index contributed by atoms with van der Waals surface area (Å²) in [7, 11) is 0. The number of hydrogen-bond acceptors (Lipinski definition) is 3. The minimum absolute atomic E-state index is 0.275. The van der Waals surface area contributed by atoms with Crippen LogP contribution in [0.5, 0.6) is 0 Å². The van der Waals surface area contributed by atoms with E-state index in [2.05, 4.69) is 21.8 Å². The first-order chi connectivity index (χ1) is 6.97. The molecule has 0 saturated heterocycles. The summed E-state index contributed by atoms with van der Waals surface area (Å²) in [5, 5.41) is 12.9. The minimum Gasteiger partial charge on any atom is -0.392 e. The average Bonchev–Trinajstić information content (AvgIpc) is 2.61. The highest BCUT2D eigenvalue weighted by atomic mass is 16.3. The predicted octanol–water partition coefficient (Wildman–Crippen LogP) is 1.15. The van der Waals surface area contributed by atoms with Crippen molar-refractivity contribution in [3.8, 4) is 0 Å². The Bertz CT molecular complexity index is 305. The highest BCUT2D eigenvalue weighted by molar-refractivity contribution is 4.99. The van der Waals surface area contributed by atoms with Gasteiger partial charge in [-0.05, 0) is 27.7 Å². The minimum atomic E-state index is -0.379. The number of nitrogens with zero attached hydrogens (tertiary/aromatic N) is 2. The molecule has 0 spiro atoms. The molecule has 0 amide bonds. The molecule has 1 atom stereocenters. The Labute approximate surface area is 91.3 Å². The van der Waals surface area contributed by atoms with Crippen LogP contribution in [-0.2, 0) is 13.1 Å². The predicted molar refractivity (Wildman–Crippen MR) is 60.5 cm³/mol. The van der Waals surface area contributed by atoms with Crippen LogP contribution in [0.3, 0.4) is 0 Å². The van der Waals surface area contributed by atoms with E-state index in [1.54, 1.807) is 6.92 Å². The summed E-state index contributed by atoms with van der Waals surface area (Å²) in [5.41, 5.74) is 0.870. The van der Waals surface area contributed by atoms with Crippen LogP contribution in [0.1, 0.15) is 33.4 Å². The molecule has 86 valence electrons. The van der Waals surface area contributed by atoms with Crippen LogP contribution in [0.25, 0.3) is 0 Å². The number of nitrogens with one attached hydrogen (secondary N) is 1. The molecule has 1 heterocycles. The maximum Gasteiger partial charge on any atom is 0.0948 e. The largest absolute Gasteiger partial charge is 0.392 e. The fourth-order valence-electron chi connectivity index (χ4n) is 1.25. The topological polar surface area (TPSA) is 50.1 Å². The van der Waals surface area contributed by atoms with Crippen molar-refractivity contribution in [2.75, 3.05) is 0 Å². The molecule has 15 heavy (non-hydrogen) atoms. The number of hydrogen-bond donors (Lipinski definition) is 2. The first-order valence-corrected chi connectivity index (χ1v) is 5.39. The van der Waals surface area contributed by atoms with Gasteiger partial charge in [0.05, 0.1) is 18.1 Å². The molecular weight excluding hydrogens is 190 g/mol. The Morgan fingerprint density at radius 1 is 1.60 bits per heavy atom. The molecule has 1 rings (SSSR count). The quantitative estimate of drug-likeness (QED) is 0.768. The Balaban J connectivity index is 2.57. The third-order valence-electron chi connectivity index (χ3n) is 2.91. The zero-order valence-corrected chi connectivity index (χ0v) is 9.99. The van der Waals surface area contributed by atoms with Crippen molar-refractivity contribution in [2.24, 2.45) is 0 Å². The number of aliphatic hydroxyl groups excluding tert-OH is 1. The first kappa shape index (κ1) is 12.2. The monoisotopic (exact) mass is 211 g/mol. The number of aliphatic hydroxyl groups is 1. The van der Waals surface area contributed by atoms with Gasteiger partial charge in [-0.2, -0.15) is 0 Å². The van der Waals surface area contributed by atoms with E-state index in [4.69, 9.17) is 0 Å². The zero-order valence-electron chi connectivity index (χ0n) is 9.99. The standard InChI is InChI=1S/C11H21N3O/c1-5-14-8-12-6-10(14)7-13-11(3,4)9(2)15/h6,8-9,13,15H,5,7H2,1-4H3. The number of rotatable bonds is 5. The molecule has 2 N–H and O–H groups in total. The third-order valence-corrected chi connectivity index (χ3v) is 2.91. The van der Waals surface area contributed by atoms with Gasteiger partial charge in [-0.1, -0.05) is 0 Å². The van der Waals surface area contributed by atoms with Gasteiger partial charge in [-0.3, -0.25) is 0 Å². The van der Waals surface area contributed by atoms with Crippen molar-refractivity contribution in [1.82, 2.24) is 14.9 Å². The second-order valence-electron chi connectivity index (χ2n) is 4.42. The van der Waals surface area contributed by atoms with Crippen molar-refractivity contribution >= 4 is 0 Å². The molecule has 0 aliphatic carbocycles. The summed E-state index contributed by atoms with van der Waals surface area (Å²) in [5.74, 6) is 0. The van der Waals surface area contributed by atoms with Crippen molar-refractivity contribution in [1.29, 1.82) is 0 Å². The lowest BCUT2D eigenvalue weighted by Crippen LogP contribution is -2.47. The van der Waals surface area contributed by atoms with Gasteiger partial charge in [-0.15, -0.1) is 0 Å². The van der Waals surface area contributed by atoms with Crippen LogP contribution in [-0.4, -0.2) is 26.3 Å². The highest BCUT2D eigenvalue weighted by Gasteiger charge is 2.23. The molecule has 1 aromatic rings. The number of aryl methyl sites for hydroxylation is 1. The molecule has 1 aromatic heterocycles. The van der Waals surface area contributed by atoms with Crippen LogP contribution in [0.2, 0.25) is 0 Å². The first-order valence-electron chi connectivity index (χ1n) is 5.39. The highest BCUT2D eigenvalue weighted by Crippen LogP contribution is 2.10. The maximum absolute atomic E-state index is 9.55. The maximum atomic E-state index is 9.55. The number of aromatic nitrogens is 2. The van der Waals surface area contributed by atoms with Gasteiger partial charge >= 0.3 is 0 Å². The van der Waals surface area contributed by atoms with E-state index in [1.807, 2.05) is 26.4 Å². The molecule has 0 fully saturated rings. The summed E-state index contributed by atoms with van der Waals surface area (Å²) in [6.07, 6.45) is 3.30. The van der Waals surface area contributed by atoms with E-state index < -0.39 is 0 Å². The Hall–Kier alpha value is -0.870. The van der Waals surface area contributed by atoms with Crippen LogP contribution in [0.4, 0.5) is 0 Å². The van der Waals surface area contributed by atoms with Crippen LogP contribution in [0, 0.1) is 0 Å². The van der Waals surface area contributed by atoms with E-state index >= 15 is 0 Å². The van der Waals surface area contributed by atoms with E-state index in [0.29, 0.717) is 0 Å². The molecule has 0 saturated carbocycles. The lowest BCUT2D eigenvalue weighted by Gasteiger charge is -2.29.